The van der Waals surface area contributed by atoms with Crippen LogP contribution in [0.3, 0.4) is 0 Å². The number of H-pyrrole nitrogens is 1. The molecule has 0 aromatic carbocycles. The van der Waals surface area contributed by atoms with Crippen LogP contribution >= 0.6 is 11.3 Å². The third-order valence-electron chi connectivity index (χ3n) is 3.73. The Morgan fingerprint density at radius 1 is 1.47 bits per heavy atom. The van der Waals surface area contributed by atoms with Gasteiger partial charge in [0.15, 0.2) is 0 Å². The number of hydrogen-bond acceptors (Lipinski definition) is 3. The molecule has 0 amide bonds. The molecule has 0 aliphatic heterocycles. The minimum Gasteiger partial charge on any atom is -0.315 e. The van der Waals surface area contributed by atoms with Crippen molar-refractivity contribution in [1.29, 1.82) is 0 Å². The molecular formula is C13H22N2OS. The van der Waals surface area contributed by atoms with Gasteiger partial charge in [0.25, 0.3) is 0 Å². The van der Waals surface area contributed by atoms with Crippen molar-refractivity contribution in [3.05, 3.63) is 20.7 Å². The molecule has 1 aromatic heterocycles. The van der Waals surface area contributed by atoms with Crippen molar-refractivity contribution in [3.63, 3.8) is 0 Å². The Labute approximate surface area is 107 Å². The lowest BCUT2D eigenvalue weighted by Crippen LogP contribution is -2.28. The molecule has 17 heavy (non-hydrogen) atoms. The van der Waals surface area contributed by atoms with E-state index < -0.39 is 0 Å². The zero-order valence-corrected chi connectivity index (χ0v) is 11.5. The summed E-state index contributed by atoms with van der Waals surface area (Å²) in [7, 11) is 0. The van der Waals surface area contributed by atoms with Crippen LogP contribution in [-0.2, 0) is 6.54 Å². The molecule has 4 heteroatoms. The summed E-state index contributed by atoms with van der Waals surface area (Å²) in [6.07, 6.45) is 6.45. The topological polar surface area (TPSA) is 44.9 Å². The number of aromatic nitrogens is 1. The van der Waals surface area contributed by atoms with Gasteiger partial charge in [-0.1, -0.05) is 31.6 Å². The Hall–Kier alpha value is -0.610. The van der Waals surface area contributed by atoms with Gasteiger partial charge in [0.2, 0.25) is 0 Å². The molecule has 0 radical (unpaired) electrons. The highest BCUT2D eigenvalue weighted by molar-refractivity contribution is 7.07. The van der Waals surface area contributed by atoms with Gasteiger partial charge in [0.05, 0.1) is 0 Å². The predicted octanol–water partition coefficient (Wildman–Crippen LogP) is 2.88. The number of nitrogens with one attached hydrogen (secondary N) is 2. The molecule has 1 fully saturated rings. The summed E-state index contributed by atoms with van der Waals surface area (Å²) < 4.78 is 0. The average Bonchev–Trinajstić information content (AvgIpc) is 2.59. The summed E-state index contributed by atoms with van der Waals surface area (Å²) in [5.41, 5.74) is 1.52. The summed E-state index contributed by atoms with van der Waals surface area (Å²) in [6, 6.07) is 0.611. The van der Waals surface area contributed by atoms with Crippen LogP contribution in [0.15, 0.2) is 10.2 Å². The van der Waals surface area contributed by atoms with E-state index in [4.69, 9.17) is 0 Å². The van der Waals surface area contributed by atoms with E-state index in [1.165, 1.54) is 43.4 Å². The molecule has 1 aromatic rings. The fourth-order valence-corrected chi connectivity index (χ4v) is 3.10. The second-order valence-electron chi connectivity index (χ2n) is 5.85. The van der Waals surface area contributed by atoms with Crippen LogP contribution in [0, 0.1) is 5.41 Å². The molecule has 3 nitrogen and oxygen atoms in total. The highest BCUT2D eigenvalue weighted by Gasteiger charge is 2.23. The van der Waals surface area contributed by atoms with Crippen molar-refractivity contribution in [2.45, 2.75) is 58.5 Å². The number of rotatable bonds is 3. The molecule has 0 saturated heterocycles. The van der Waals surface area contributed by atoms with Crippen LogP contribution in [0.5, 0.6) is 0 Å². The van der Waals surface area contributed by atoms with Gasteiger partial charge in [-0.2, -0.15) is 0 Å². The van der Waals surface area contributed by atoms with E-state index in [0.29, 0.717) is 11.5 Å². The third-order valence-corrected chi connectivity index (χ3v) is 4.45. The van der Waals surface area contributed by atoms with Crippen LogP contribution in [-0.4, -0.2) is 11.0 Å². The van der Waals surface area contributed by atoms with Gasteiger partial charge in [-0.3, -0.25) is 4.79 Å². The second-order valence-corrected chi connectivity index (χ2v) is 6.69. The average molecular weight is 254 g/mol. The summed E-state index contributed by atoms with van der Waals surface area (Å²) in [4.78, 5) is 13.9. The normalized spacial score (nSPS) is 24.5. The fraction of sp³-hybridized carbons (Fsp3) is 0.769. The number of thiazole rings is 1. The van der Waals surface area contributed by atoms with E-state index in [2.05, 4.69) is 24.1 Å². The molecule has 1 aliphatic carbocycles. The van der Waals surface area contributed by atoms with Crippen LogP contribution < -0.4 is 10.2 Å². The zero-order chi connectivity index (χ0) is 12.3. The van der Waals surface area contributed by atoms with Crippen molar-refractivity contribution in [2.24, 2.45) is 5.41 Å². The van der Waals surface area contributed by atoms with Crippen LogP contribution in [0.25, 0.3) is 0 Å². The Balaban J connectivity index is 1.81. The first-order valence-corrected chi connectivity index (χ1v) is 7.33. The molecule has 1 heterocycles. The van der Waals surface area contributed by atoms with Gasteiger partial charge < -0.3 is 10.3 Å². The van der Waals surface area contributed by atoms with E-state index in [1.54, 1.807) is 0 Å². The Kier molecular flexibility index (Phi) is 4.05. The SMILES string of the molecule is CC1(C)CCCC(NCc2csc(=O)[nH]2)CC1. The van der Waals surface area contributed by atoms with Crippen molar-refractivity contribution < 1.29 is 0 Å². The number of aromatic amines is 1. The summed E-state index contributed by atoms with van der Waals surface area (Å²) in [6.45, 7) is 5.53. The number of hydrogen-bond donors (Lipinski definition) is 2. The van der Waals surface area contributed by atoms with E-state index in [9.17, 15) is 4.79 Å². The van der Waals surface area contributed by atoms with Gasteiger partial charge in [0, 0.05) is 23.7 Å². The first kappa shape index (κ1) is 12.8. The van der Waals surface area contributed by atoms with Gasteiger partial charge in [-0.05, 0) is 31.1 Å². The minimum atomic E-state index is 0.0452. The third kappa shape index (κ3) is 3.96. The van der Waals surface area contributed by atoms with Crippen molar-refractivity contribution >= 4 is 11.3 Å². The van der Waals surface area contributed by atoms with E-state index in [-0.39, 0.29) is 4.87 Å². The molecular weight excluding hydrogens is 232 g/mol. The van der Waals surface area contributed by atoms with Crippen molar-refractivity contribution in [1.82, 2.24) is 10.3 Å². The van der Waals surface area contributed by atoms with Crippen LogP contribution in [0.1, 0.15) is 51.6 Å². The molecule has 1 atom stereocenters. The van der Waals surface area contributed by atoms with E-state index in [0.717, 1.165) is 12.2 Å². The fourth-order valence-electron chi connectivity index (χ4n) is 2.52. The lowest BCUT2D eigenvalue weighted by atomic mass is 9.85. The van der Waals surface area contributed by atoms with Crippen molar-refractivity contribution in [2.75, 3.05) is 0 Å². The summed E-state index contributed by atoms with van der Waals surface area (Å²) >= 11 is 1.24. The molecule has 2 N–H and O–H groups in total. The molecule has 0 spiro atoms. The Morgan fingerprint density at radius 2 is 2.29 bits per heavy atom. The second kappa shape index (κ2) is 5.36. The van der Waals surface area contributed by atoms with Gasteiger partial charge in [-0.15, -0.1) is 0 Å². The Morgan fingerprint density at radius 3 is 3.00 bits per heavy atom. The van der Waals surface area contributed by atoms with E-state index >= 15 is 0 Å². The monoisotopic (exact) mass is 254 g/mol. The lowest BCUT2D eigenvalue weighted by molar-refractivity contribution is 0.309. The molecule has 1 aliphatic rings. The Bertz CT molecular complexity index is 408. The molecule has 1 unspecified atom stereocenters. The smallest absolute Gasteiger partial charge is 0.304 e. The van der Waals surface area contributed by atoms with Crippen LogP contribution in [0.4, 0.5) is 0 Å². The molecule has 96 valence electrons. The summed E-state index contributed by atoms with van der Waals surface area (Å²) in [5.74, 6) is 0. The predicted molar refractivity (Wildman–Crippen MR) is 72.4 cm³/mol. The quantitative estimate of drug-likeness (QED) is 0.815. The van der Waals surface area contributed by atoms with Gasteiger partial charge in [0.1, 0.15) is 0 Å². The summed E-state index contributed by atoms with van der Waals surface area (Å²) in [5, 5.41) is 5.48. The van der Waals surface area contributed by atoms with Crippen LogP contribution in [0.2, 0.25) is 0 Å². The maximum atomic E-state index is 11.0. The maximum absolute atomic E-state index is 11.0. The maximum Gasteiger partial charge on any atom is 0.304 e. The van der Waals surface area contributed by atoms with Crippen molar-refractivity contribution in [3.8, 4) is 0 Å². The van der Waals surface area contributed by atoms with Gasteiger partial charge in [-0.25, -0.2) is 0 Å². The highest BCUT2D eigenvalue weighted by Crippen LogP contribution is 2.33. The molecule has 0 bridgehead atoms. The molecule has 2 rings (SSSR count). The van der Waals surface area contributed by atoms with E-state index in [1.807, 2.05) is 5.38 Å². The lowest BCUT2D eigenvalue weighted by Gasteiger charge is -2.22. The largest absolute Gasteiger partial charge is 0.315 e. The first-order valence-electron chi connectivity index (χ1n) is 6.45. The highest BCUT2D eigenvalue weighted by atomic mass is 32.1. The zero-order valence-electron chi connectivity index (χ0n) is 10.7. The van der Waals surface area contributed by atoms with Gasteiger partial charge >= 0.3 is 4.87 Å². The minimum absolute atomic E-state index is 0.0452. The first-order chi connectivity index (χ1) is 8.05. The molecule has 1 saturated carbocycles. The standard InChI is InChI=1S/C13H22N2OS/c1-13(2)6-3-4-10(5-7-13)14-8-11-9-17-12(16)15-11/h9-10,14H,3-8H2,1-2H3,(H,15,16).